The molecular weight excluding hydrogens is 366 g/mol. The van der Waals surface area contributed by atoms with Gasteiger partial charge in [-0.15, -0.1) is 0 Å². The first-order chi connectivity index (χ1) is 12.9. The largest absolute Gasteiger partial charge is 0.361 e. The minimum absolute atomic E-state index is 0.137. The molecule has 0 atom stereocenters. The number of aromatic nitrogens is 1. The molecule has 0 unspecified atom stereocenters. The van der Waals surface area contributed by atoms with Crippen LogP contribution < -0.4 is 5.32 Å². The average Bonchev–Trinajstić information content (AvgIpc) is 2.99. The fourth-order valence-corrected chi connectivity index (χ4v) is 4.80. The van der Waals surface area contributed by atoms with Gasteiger partial charge in [-0.1, -0.05) is 11.6 Å². The summed E-state index contributed by atoms with van der Waals surface area (Å²) in [7, 11) is -3.45. The number of anilines is 1. The Morgan fingerprint density at radius 3 is 2.41 bits per heavy atom. The summed E-state index contributed by atoms with van der Waals surface area (Å²) >= 11 is 0. The molecule has 1 aliphatic heterocycles. The summed E-state index contributed by atoms with van der Waals surface area (Å²) in [5, 5.41) is 6.68. The molecule has 0 bridgehead atoms. The highest BCUT2D eigenvalue weighted by molar-refractivity contribution is 7.89. The number of carbonyl (C=O) groups excluding carboxylic acids is 1. The molecule has 1 aromatic heterocycles. The van der Waals surface area contributed by atoms with Crippen LogP contribution in [-0.4, -0.2) is 36.9 Å². The van der Waals surface area contributed by atoms with Crippen molar-refractivity contribution in [3.8, 4) is 0 Å². The summed E-state index contributed by atoms with van der Waals surface area (Å²) in [6.45, 7) is 4.82. The second kappa shape index (κ2) is 8.22. The van der Waals surface area contributed by atoms with Gasteiger partial charge in [0, 0.05) is 30.8 Å². The topological polar surface area (TPSA) is 92.5 Å². The lowest BCUT2D eigenvalue weighted by atomic mass is 10.1. The van der Waals surface area contributed by atoms with E-state index in [0.717, 1.165) is 36.3 Å². The summed E-state index contributed by atoms with van der Waals surface area (Å²) in [5.74, 6) is 0.592. The first kappa shape index (κ1) is 19.6. The molecule has 0 saturated carbocycles. The molecule has 1 aliphatic rings. The molecule has 2 heterocycles. The number of hydrogen-bond acceptors (Lipinski definition) is 5. The van der Waals surface area contributed by atoms with Gasteiger partial charge in [-0.3, -0.25) is 4.79 Å². The number of hydrogen-bond donors (Lipinski definition) is 1. The van der Waals surface area contributed by atoms with Crippen molar-refractivity contribution in [1.29, 1.82) is 0 Å². The Kier molecular flexibility index (Phi) is 5.96. The van der Waals surface area contributed by atoms with Crippen LogP contribution in [0.3, 0.4) is 0 Å². The van der Waals surface area contributed by atoms with Gasteiger partial charge in [0.2, 0.25) is 15.9 Å². The van der Waals surface area contributed by atoms with Gasteiger partial charge in [-0.25, -0.2) is 8.42 Å². The Hall–Kier alpha value is -2.19. The molecule has 0 aliphatic carbocycles. The molecule has 27 heavy (non-hydrogen) atoms. The highest BCUT2D eigenvalue weighted by Crippen LogP contribution is 2.22. The SMILES string of the molecule is Cc1noc(C)c1CCC(=O)Nc1ccc(S(=O)(=O)N2CCCCC2)cc1. The van der Waals surface area contributed by atoms with Crippen molar-refractivity contribution in [3.63, 3.8) is 0 Å². The Bertz CT molecular complexity index is 878. The van der Waals surface area contributed by atoms with Gasteiger partial charge in [0.05, 0.1) is 10.6 Å². The molecule has 1 fully saturated rings. The molecular formula is C19H25N3O4S. The molecule has 8 heteroatoms. The van der Waals surface area contributed by atoms with Gasteiger partial charge in [0.15, 0.2) is 0 Å². The summed E-state index contributed by atoms with van der Waals surface area (Å²) < 4.78 is 31.9. The van der Waals surface area contributed by atoms with Crippen LogP contribution in [0.15, 0.2) is 33.7 Å². The predicted octanol–water partition coefficient (Wildman–Crippen LogP) is 3.04. The molecule has 3 rings (SSSR count). The minimum Gasteiger partial charge on any atom is -0.361 e. The van der Waals surface area contributed by atoms with E-state index in [1.165, 1.54) is 4.31 Å². The number of amides is 1. The number of nitrogens with zero attached hydrogens (tertiary/aromatic N) is 2. The lowest BCUT2D eigenvalue weighted by Gasteiger charge is -2.25. The average molecular weight is 391 g/mol. The highest BCUT2D eigenvalue weighted by Gasteiger charge is 2.25. The van der Waals surface area contributed by atoms with E-state index in [2.05, 4.69) is 10.5 Å². The maximum absolute atomic E-state index is 12.6. The van der Waals surface area contributed by atoms with E-state index in [4.69, 9.17) is 4.52 Å². The normalized spacial score (nSPS) is 15.6. The fraction of sp³-hybridized carbons (Fsp3) is 0.474. The van der Waals surface area contributed by atoms with Crippen molar-refractivity contribution in [3.05, 3.63) is 41.3 Å². The lowest BCUT2D eigenvalue weighted by molar-refractivity contribution is -0.116. The van der Waals surface area contributed by atoms with Crippen molar-refractivity contribution in [2.24, 2.45) is 0 Å². The molecule has 0 radical (unpaired) electrons. The Labute approximate surface area is 159 Å². The van der Waals surface area contributed by atoms with Gasteiger partial charge >= 0.3 is 0 Å². The Balaban J connectivity index is 1.59. The van der Waals surface area contributed by atoms with Crippen LogP contribution in [0.2, 0.25) is 0 Å². The third kappa shape index (κ3) is 4.56. The Morgan fingerprint density at radius 1 is 1.15 bits per heavy atom. The van der Waals surface area contributed by atoms with Crippen LogP contribution in [0, 0.1) is 13.8 Å². The van der Waals surface area contributed by atoms with Crippen LogP contribution >= 0.6 is 0 Å². The number of sulfonamides is 1. The van der Waals surface area contributed by atoms with Crippen molar-refractivity contribution < 1.29 is 17.7 Å². The van der Waals surface area contributed by atoms with Crippen LogP contribution in [-0.2, 0) is 21.2 Å². The van der Waals surface area contributed by atoms with Crippen LogP contribution in [0.4, 0.5) is 5.69 Å². The summed E-state index contributed by atoms with van der Waals surface area (Å²) in [5.41, 5.74) is 2.33. The summed E-state index contributed by atoms with van der Waals surface area (Å²) in [6.07, 6.45) is 3.73. The number of carbonyl (C=O) groups is 1. The molecule has 0 spiro atoms. The van der Waals surface area contributed by atoms with Crippen molar-refractivity contribution in [2.45, 2.75) is 50.8 Å². The van der Waals surface area contributed by atoms with Crippen LogP contribution in [0.25, 0.3) is 0 Å². The smallest absolute Gasteiger partial charge is 0.243 e. The van der Waals surface area contributed by atoms with Gasteiger partial charge in [-0.05, 0) is 57.4 Å². The second-order valence-electron chi connectivity index (χ2n) is 6.84. The minimum atomic E-state index is -3.45. The Morgan fingerprint density at radius 2 is 1.81 bits per heavy atom. The number of benzene rings is 1. The molecule has 2 aromatic rings. The second-order valence-corrected chi connectivity index (χ2v) is 8.78. The van der Waals surface area contributed by atoms with E-state index in [1.54, 1.807) is 24.3 Å². The molecule has 1 N–H and O–H groups in total. The number of rotatable bonds is 6. The zero-order valence-electron chi connectivity index (χ0n) is 15.7. The van der Waals surface area contributed by atoms with Gasteiger partial charge in [0.1, 0.15) is 5.76 Å². The van der Waals surface area contributed by atoms with Gasteiger partial charge < -0.3 is 9.84 Å². The van der Waals surface area contributed by atoms with Crippen molar-refractivity contribution >= 4 is 21.6 Å². The standard InChI is InChI=1S/C19H25N3O4S/c1-14-18(15(2)26-21-14)10-11-19(23)20-16-6-8-17(9-7-16)27(24,25)22-12-4-3-5-13-22/h6-9H,3-5,10-13H2,1-2H3,(H,20,23). The van der Waals surface area contributed by atoms with Crippen LogP contribution in [0.1, 0.15) is 42.7 Å². The van der Waals surface area contributed by atoms with Gasteiger partial charge in [0.25, 0.3) is 0 Å². The van der Waals surface area contributed by atoms with Crippen molar-refractivity contribution in [1.82, 2.24) is 9.46 Å². The fourth-order valence-electron chi connectivity index (χ4n) is 3.29. The molecule has 1 amide bonds. The molecule has 1 aromatic carbocycles. The number of aryl methyl sites for hydroxylation is 2. The third-order valence-corrected chi connectivity index (χ3v) is 6.79. The molecule has 146 valence electrons. The maximum atomic E-state index is 12.6. The number of piperidine rings is 1. The first-order valence-corrected chi connectivity index (χ1v) is 10.6. The van der Waals surface area contributed by atoms with E-state index < -0.39 is 10.0 Å². The first-order valence-electron chi connectivity index (χ1n) is 9.20. The van der Waals surface area contributed by atoms with E-state index in [-0.39, 0.29) is 10.8 Å². The van der Waals surface area contributed by atoms with Crippen LogP contribution in [0.5, 0.6) is 0 Å². The zero-order valence-corrected chi connectivity index (χ0v) is 16.5. The van der Waals surface area contributed by atoms with E-state index in [0.29, 0.717) is 31.6 Å². The summed E-state index contributed by atoms with van der Waals surface area (Å²) in [6, 6.07) is 6.36. The maximum Gasteiger partial charge on any atom is 0.243 e. The zero-order chi connectivity index (χ0) is 19.4. The summed E-state index contributed by atoms with van der Waals surface area (Å²) in [4.78, 5) is 12.4. The quantitative estimate of drug-likeness (QED) is 0.817. The molecule has 1 saturated heterocycles. The van der Waals surface area contributed by atoms with E-state index in [9.17, 15) is 13.2 Å². The highest BCUT2D eigenvalue weighted by atomic mass is 32.2. The third-order valence-electron chi connectivity index (χ3n) is 4.87. The monoisotopic (exact) mass is 391 g/mol. The predicted molar refractivity (Wildman–Crippen MR) is 102 cm³/mol. The number of nitrogens with one attached hydrogen (secondary N) is 1. The van der Waals surface area contributed by atoms with Crippen molar-refractivity contribution in [2.75, 3.05) is 18.4 Å². The molecule has 7 nitrogen and oxygen atoms in total. The lowest BCUT2D eigenvalue weighted by Crippen LogP contribution is -2.35. The van der Waals surface area contributed by atoms with E-state index in [1.807, 2.05) is 13.8 Å². The van der Waals surface area contributed by atoms with Gasteiger partial charge in [-0.2, -0.15) is 4.31 Å². The van der Waals surface area contributed by atoms with E-state index >= 15 is 0 Å².